The van der Waals surface area contributed by atoms with Crippen molar-refractivity contribution in [3.05, 3.63) is 35.4 Å². The van der Waals surface area contributed by atoms with Crippen LogP contribution in [-0.2, 0) is 6.42 Å². The molecule has 0 heterocycles. The van der Waals surface area contributed by atoms with Gasteiger partial charge in [-0.05, 0) is 17.5 Å². The number of hydrogen-bond acceptors (Lipinski definition) is 1. The first-order chi connectivity index (χ1) is 14.9. The lowest BCUT2D eigenvalue weighted by Crippen LogP contribution is -2.72. The van der Waals surface area contributed by atoms with Crippen molar-refractivity contribution in [2.75, 3.05) is 0 Å². The quantitative estimate of drug-likeness (QED) is 0.311. The molecule has 16 heteroatoms. The Kier molecular flexibility index (Phi) is 7.96. The summed E-state index contributed by atoms with van der Waals surface area (Å²) in [5.74, 6) is -46.9. The van der Waals surface area contributed by atoms with Gasteiger partial charge in [-0.15, -0.1) is 0 Å². The van der Waals surface area contributed by atoms with Crippen molar-refractivity contribution in [1.82, 2.24) is 0 Å². The first-order valence-electron chi connectivity index (χ1n) is 9.03. The molecule has 198 valence electrons. The van der Waals surface area contributed by atoms with Crippen LogP contribution in [0.2, 0.25) is 0 Å². The van der Waals surface area contributed by atoms with E-state index in [1.165, 1.54) is 6.07 Å². The smallest absolute Gasteiger partial charge is 0.388 e. The topological polar surface area (TPSA) is 20.2 Å². The zero-order valence-electron chi connectivity index (χ0n) is 16.6. The molecule has 1 unspecified atom stereocenters. The van der Waals surface area contributed by atoms with Crippen LogP contribution in [0.25, 0.3) is 0 Å². The predicted octanol–water partition coefficient (Wildman–Crippen LogP) is 7.44. The molecule has 1 N–H and O–H groups in total. The number of halogens is 15. The summed E-state index contributed by atoms with van der Waals surface area (Å²) >= 11 is 0. The molecule has 0 aromatic heterocycles. The number of aryl methyl sites for hydroxylation is 1. The van der Waals surface area contributed by atoms with Gasteiger partial charge in [-0.3, -0.25) is 0 Å². The molecule has 1 aromatic rings. The van der Waals surface area contributed by atoms with Crippen molar-refractivity contribution < 1.29 is 71.0 Å². The van der Waals surface area contributed by atoms with E-state index in [4.69, 9.17) is 0 Å². The van der Waals surface area contributed by atoms with Gasteiger partial charge in [-0.2, -0.15) is 65.9 Å². The van der Waals surface area contributed by atoms with Gasteiger partial charge in [0.1, 0.15) is 0 Å². The van der Waals surface area contributed by atoms with E-state index in [1.54, 1.807) is 6.92 Å². The molecule has 0 saturated heterocycles. The molecule has 0 aliphatic carbocycles. The number of aliphatic hydroxyl groups is 1. The van der Waals surface area contributed by atoms with Gasteiger partial charge in [-0.1, -0.05) is 37.6 Å². The number of alkyl halides is 15. The summed E-state index contributed by atoms with van der Waals surface area (Å²) < 4.78 is 198. The highest BCUT2D eigenvalue weighted by Gasteiger charge is 2.93. The Balaban J connectivity index is 3.42. The third-order valence-electron chi connectivity index (χ3n) is 4.72. The van der Waals surface area contributed by atoms with Crippen LogP contribution in [0.5, 0.6) is 0 Å². The van der Waals surface area contributed by atoms with Crippen LogP contribution in [0.4, 0.5) is 65.9 Å². The van der Waals surface area contributed by atoms with E-state index in [2.05, 4.69) is 0 Å². The standard InChI is InChI=1S/C18H15F15O/c1-2-4-9-5-3-6-10(7-9)11(34)8-12(19,20)13(21,22)14(23,24)15(25,26)16(27,28)17(29,30)18(31,32)33/h3,5-7,11,34H,2,4,8H2,1H3. The van der Waals surface area contributed by atoms with E-state index in [1.807, 2.05) is 0 Å². The van der Waals surface area contributed by atoms with Crippen LogP contribution < -0.4 is 0 Å². The molecule has 1 nitrogen and oxygen atoms in total. The molecule has 0 aliphatic heterocycles. The van der Waals surface area contributed by atoms with Crippen LogP contribution in [0.15, 0.2) is 24.3 Å². The summed E-state index contributed by atoms with van der Waals surface area (Å²) in [6.07, 6.45) is -12.5. The first-order valence-corrected chi connectivity index (χ1v) is 9.03. The lowest BCUT2D eigenvalue weighted by Gasteiger charge is -2.41. The molecule has 0 aliphatic rings. The molecule has 0 spiro atoms. The molecule has 0 amide bonds. The summed E-state index contributed by atoms with van der Waals surface area (Å²) in [6.45, 7) is 1.65. The van der Waals surface area contributed by atoms with Crippen molar-refractivity contribution in [1.29, 1.82) is 0 Å². The average molecular weight is 532 g/mol. The summed E-state index contributed by atoms with van der Waals surface area (Å²) in [7, 11) is 0. The number of benzene rings is 1. The second-order valence-corrected chi connectivity index (χ2v) is 7.29. The molecule has 1 rings (SSSR count). The van der Waals surface area contributed by atoms with Crippen LogP contribution in [-0.4, -0.2) is 46.8 Å². The maximum absolute atomic E-state index is 14.0. The van der Waals surface area contributed by atoms with Gasteiger partial charge in [0, 0.05) is 6.42 Å². The highest BCUT2D eigenvalue weighted by molar-refractivity contribution is 5.26. The largest absolute Gasteiger partial charge is 0.460 e. The minimum Gasteiger partial charge on any atom is -0.388 e. The fourth-order valence-electron chi connectivity index (χ4n) is 2.73. The van der Waals surface area contributed by atoms with E-state index in [0.29, 0.717) is 12.0 Å². The van der Waals surface area contributed by atoms with Gasteiger partial charge in [0.05, 0.1) is 6.10 Å². The van der Waals surface area contributed by atoms with Gasteiger partial charge in [-0.25, -0.2) is 0 Å². The van der Waals surface area contributed by atoms with Gasteiger partial charge in [0.15, 0.2) is 0 Å². The predicted molar refractivity (Wildman–Crippen MR) is 85.8 cm³/mol. The zero-order chi connectivity index (χ0) is 27.2. The van der Waals surface area contributed by atoms with Gasteiger partial charge in [0.2, 0.25) is 0 Å². The lowest BCUT2D eigenvalue weighted by atomic mass is 9.88. The molecule has 1 aromatic carbocycles. The molecular weight excluding hydrogens is 517 g/mol. The Hall–Kier alpha value is -1.87. The lowest BCUT2D eigenvalue weighted by molar-refractivity contribution is -0.453. The fourth-order valence-corrected chi connectivity index (χ4v) is 2.73. The van der Waals surface area contributed by atoms with E-state index in [9.17, 15) is 71.0 Å². The highest BCUT2D eigenvalue weighted by atomic mass is 19.4. The van der Waals surface area contributed by atoms with Crippen molar-refractivity contribution in [3.8, 4) is 0 Å². The summed E-state index contributed by atoms with van der Waals surface area (Å²) in [4.78, 5) is 0. The number of aliphatic hydroxyl groups excluding tert-OH is 1. The van der Waals surface area contributed by atoms with Crippen LogP contribution in [0.3, 0.4) is 0 Å². The van der Waals surface area contributed by atoms with Crippen LogP contribution in [0.1, 0.15) is 37.0 Å². The third kappa shape index (κ3) is 4.65. The highest BCUT2D eigenvalue weighted by Crippen LogP contribution is 2.63. The molecule has 0 radical (unpaired) electrons. The Morgan fingerprint density at radius 3 is 1.56 bits per heavy atom. The van der Waals surface area contributed by atoms with Gasteiger partial charge >= 0.3 is 41.7 Å². The third-order valence-corrected chi connectivity index (χ3v) is 4.72. The fraction of sp³-hybridized carbons (Fsp3) is 0.667. The summed E-state index contributed by atoms with van der Waals surface area (Å²) in [5, 5.41) is 9.71. The number of hydrogen-bond donors (Lipinski definition) is 1. The number of rotatable bonds is 10. The maximum Gasteiger partial charge on any atom is 0.460 e. The second-order valence-electron chi connectivity index (χ2n) is 7.29. The summed E-state index contributed by atoms with van der Waals surface area (Å²) in [5.41, 5.74) is -0.273. The van der Waals surface area contributed by atoms with E-state index in [0.717, 1.165) is 18.2 Å². The Labute approximate surface area is 181 Å². The van der Waals surface area contributed by atoms with E-state index < -0.39 is 59.8 Å². The Bertz CT molecular complexity index is 844. The Morgan fingerprint density at radius 1 is 0.676 bits per heavy atom. The first kappa shape index (κ1) is 30.2. The van der Waals surface area contributed by atoms with E-state index >= 15 is 0 Å². The minimum atomic E-state index is -8.34. The normalized spacial score (nSPS) is 16.0. The van der Waals surface area contributed by atoms with Crippen molar-refractivity contribution in [2.45, 2.75) is 74.0 Å². The molecule has 34 heavy (non-hydrogen) atoms. The monoisotopic (exact) mass is 532 g/mol. The molecule has 1 atom stereocenters. The Morgan fingerprint density at radius 2 is 1.12 bits per heavy atom. The summed E-state index contributed by atoms with van der Waals surface area (Å²) in [6, 6.07) is 4.28. The average Bonchev–Trinajstić information content (AvgIpc) is 2.66. The van der Waals surface area contributed by atoms with Crippen molar-refractivity contribution in [3.63, 3.8) is 0 Å². The molecular formula is C18H15F15O. The molecule has 0 saturated carbocycles. The second kappa shape index (κ2) is 8.97. The van der Waals surface area contributed by atoms with Crippen molar-refractivity contribution in [2.24, 2.45) is 0 Å². The minimum absolute atomic E-state index is 0.264. The SMILES string of the molecule is CCCc1cccc(C(O)CC(F)(F)C(F)(F)C(F)(F)C(F)(F)C(F)(F)C(F)(F)C(F)(F)F)c1. The molecule has 0 fully saturated rings. The van der Waals surface area contributed by atoms with Crippen molar-refractivity contribution >= 4 is 0 Å². The van der Waals surface area contributed by atoms with Crippen LogP contribution >= 0.6 is 0 Å². The van der Waals surface area contributed by atoms with Gasteiger partial charge < -0.3 is 5.11 Å². The van der Waals surface area contributed by atoms with Gasteiger partial charge in [0.25, 0.3) is 0 Å². The van der Waals surface area contributed by atoms with E-state index in [-0.39, 0.29) is 6.42 Å². The van der Waals surface area contributed by atoms with Crippen LogP contribution in [0, 0.1) is 0 Å². The zero-order valence-corrected chi connectivity index (χ0v) is 16.6. The maximum atomic E-state index is 14.0. The molecule has 0 bridgehead atoms.